The van der Waals surface area contributed by atoms with Gasteiger partial charge in [-0.05, 0) is 11.6 Å². The number of hydrogen-bond donors (Lipinski definition) is 1. The Kier molecular flexibility index (Phi) is 4.66. The van der Waals surface area contributed by atoms with Crippen molar-refractivity contribution in [1.29, 1.82) is 5.26 Å². The minimum Gasteiger partial charge on any atom is -0.301 e. The van der Waals surface area contributed by atoms with E-state index in [0.717, 1.165) is 15.7 Å². The molecule has 4 nitrogen and oxygen atoms in total. The summed E-state index contributed by atoms with van der Waals surface area (Å²) in [5.74, 6) is -0.329. The first-order valence-corrected chi connectivity index (χ1v) is 7.21. The Bertz CT molecular complexity index is 633. The van der Waals surface area contributed by atoms with Gasteiger partial charge in [0.25, 0.3) is 0 Å². The topological polar surface area (TPSA) is 65.8 Å². The van der Waals surface area contributed by atoms with Crippen LogP contribution in [-0.2, 0) is 11.2 Å². The highest BCUT2D eigenvalue weighted by Gasteiger charge is 2.07. The quantitative estimate of drug-likeness (QED) is 0.931. The highest BCUT2D eigenvalue weighted by atomic mass is 79.9. The molecular weight excluding hydrogens is 326 g/mol. The second kappa shape index (κ2) is 6.45. The lowest BCUT2D eigenvalue weighted by atomic mass is 10.1. The van der Waals surface area contributed by atoms with Crippen LogP contribution < -0.4 is 5.32 Å². The third kappa shape index (κ3) is 3.88. The van der Waals surface area contributed by atoms with E-state index in [4.69, 9.17) is 5.26 Å². The molecule has 1 aromatic heterocycles. The van der Waals surface area contributed by atoms with Crippen LogP contribution in [0.1, 0.15) is 17.7 Å². The minimum atomic E-state index is -0.329. The average Bonchev–Trinajstić information content (AvgIpc) is 2.80. The summed E-state index contributed by atoms with van der Waals surface area (Å²) in [6.07, 6.45) is 0.547. The van der Waals surface area contributed by atoms with E-state index in [2.05, 4.69) is 26.2 Å². The minimum absolute atomic E-state index is 0.154. The van der Waals surface area contributed by atoms with Gasteiger partial charge >= 0.3 is 0 Å². The Morgan fingerprint density at radius 1 is 1.47 bits per heavy atom. The molecule has 0 bridgehead atoms. The van der Waals surface area contributed by atoms with Crippen LogP contribution in [0.5, 0.6) is 0 Å². The molecule has 1 N–H and O–H groups in total. The Hall–Kier alpha value is -1.71. The van der Waals surface area contributed by atoms with E-state index in [1.165, 1.54) is 11.3 Å². The molecule has 0 fully saturated rings. The predicted octanol–water partition coefficient (Wildman–Crippen LogP) is 3.35. The fraction of sp³-hybridized carbons (Fsp3) is 0.154. The summed E-state index contributed by atoms with van der Waals surface area (Å²) in [7, 11) is 0. The highest BCUT2D eigenvalue weighted by Crippen LogP contribution is 2.22. The molecule has 0 unspecified atom stereocenters. The SMILES string of the molecule is N#CCC(=O)Nc1nc(Cc2ccccc2Br)cs1. The Balaban J connectivity index is 2.04. The highest BCUT2D eigenvalue weighted by molar-refractivity contribution is 9.10. The Labute approximate surface area is 123 Å². The van der Waals surface area contributed by atoms with Crippen LogP contribution in [-0.4, -0.2) is 10.9 Å². The fourth-order valence-corrected chi connectivity index (χ4v) is 2.67. The van der Waals surface area contributed by atoms with E-state index in [1.54, 1.807) is 6.07 Å². The standard InChI is InChI=1S/C13H10BrN3OS/c14-11-4-2-1-3-9(11)7-10-8-19-13(16-10)17-12(18)5-6-15/h1-4,8H,5,7H2,(H,16,17,18). The summed E-state index contributed by atoms with van der Waals surface area (Å²) in [5.41, 5.74) is 2.03. The van der Waals surface area contributed by atoms with Gasteiger partial charge in [-0.15, -0.1) is 11.3 Å². The van der Waals surface area contributed by atoms with Crippen LogP contribution in [0.4, 0.5) is 5.13 Å². The number of aromatic nitrogens is 1. The second-order valence-corrected chi connectivity index (χ2v) is 5.51. The molecule has 19 heavy (non-hydrogen) atoms. The van der Waals surface area contributed by atoms with Crippen molar-refractivity contribution < 1.29 is 4.79 Å². The molecule has 0 aliphatic carbocycles. The maximum Gasteiger partial charge on any atom is 0.240 e. The molecule has 2 rings (SSSR count). The third-order valence-electron chi connectivity index (χ3n) is 2.37. The Morgan fingerprint density at radius 3 is 3.00 bits per heavy atom. The fourth-order valence-electron chi connectivity index (χ4n) is 1.52. The number of anilines is 1. The number of nitriles is 1. The number of nitrogens with one attached hydrogen (secondary N) is 1. The monoisotopic (exact) mass is 335 g/mol. The van der Waals surface area contributed by atoms with E-state index >= 15 is 0 Å². The van der Waals surface area contributed by atoms with Crippen LogP contribution in [0.25, 0.3) is 0 Å². The van der Waals surface area contributed by atoms with Gasteiger partial charge in [-0.3, -0.25) is 4.79 Å². The molecule has 2 aromatic rings. The summed E-state index contributed by atoms with van der Waals surface area (Å²) in [6, 6.07) is 9.74. The van der Waals surface area contributed by atoms with Gasteiger partial charge < -0.3 is 5.32 Å². The number of carbonyl (C=O) groups excluding carboxylic acids is 1. The predicted molar refractivity (Wildman–Crippen MR) is 77.9 cm³/mol. The molecule has 0 saturated heterocycles. The van der Waals surface area contributed by atoms with Gasteiger partial charge in [0.05, 0.1) is 11.8 Å². The molecular formula is C13H10BrN3OS. The van der Waals surface area contributed by atoms with Gasteiger partial charge in [0.15, 0.2) is 5.13 Å². The lowest BCUT2D eigenvalue weighted by Gasteiger charge is -2.01. The molecule has 1 heterocycles. The van der Waals surface area contributed by atoms with E-state index < -0.39 is 0 Å². The van der Waals surface area contributed by atoms with Gasteiger partial charge in [-0.2, -0.15) is 5.26 Å². The van der Waals surface area contributed by atoms with E-state index in [9.17, 15) is 4.79 Å². The number of amides is 1. The maximum absolute atomic E-state index is 11.3. The van der Waals surface area contributed by atoms with Gasteiger partial charge in [0.2, 0.25) is 5.91 Å². The normalized spacial score (nSPS) is 9.89. The molecule has 0 atom stereocenters. The third-order valence-corrected chi connectivity index (χ3v) is 3.95. The lowest BCUT2D eigenvalue weighted by Crippen LogP contribution is -2.09. The van der Waals surface area contributed by atoms with Gasteiger partial charge in [-0.1, -0.05) is 34.1 Å². The summed E-state index contributed by atoms with van der Waals surface area (Å²) < 4.78 is 1.04. The van der Waals surface area contributed by atoms with Crippen LogP contribution in [0.2, 0.25) is 0 Å². The molecule has 96 valence electrons. The van der Waals surface area contributed by atoms with Crippen LogP contribution in [0.3, 0.4) is 0 Å². The van der Waals surface area contributed by atoms with Gasteiger partial charge in [0, 0.05) is 16.3 Å². The largest absolute Gasteiger partial charge is 0.301 e. The number of benzene rings is 1. The second-order valence-electron chi connectivity index (χ2n) is 3.80. The van der Waals surface area contributed by atoms with Crippen LogP contribution >= 0.6 is 27.3 Å². The summed E-state index contributed by atoms with van der Waals surface area (Å²) in [4.78, 5) is 15.6. The first-order valence-electron chi connectivity index (χ1n) is 5.53. The average molecular weight is 336 g/mol. The molecule has 1 aromatic carbocycles. The number of thiazole rings is 1. The van der Waals surface area contributed by atoms with Crippen molar-refractivity contribution in [3.05, 3.63) is 45.4 Å². The first kappa shape index (κ1) is 13.7. The van der Waals surface area contributed by atoms with Crippen molar-refractivity contribution >= 4 is 38.3 Å². The summed E-state index contributed by atoms with van der Waals surface area (Å²) in [5, 5.41) is 13.4. The smallest absolute Gasteiger partial charge is 0.240 e. The van der Waals surface area contributed by atoms with Crippen LogP contribution in [0, 0.1) is 11.3 Å². The zero-order chi connectivity index (χ0) is 13.7. The van der Waals surface area contributed by atoms with Crippen molar-refractivity contribution in [3.8, 4) is 6.07 Å². The number of halogens is 1. The van der Waals surface area contributed by atoms with Crippen molar-refractivity contribution in [2.24, 2.45) is 0 Å². The number of nitrogens with zero attached hydrogens (tertiary/aromatic N) is 2. The number of carbonyl (C=O) groups is 1. The van der Waals surface area contributed by atoms with Crippen molar-refractivity contribution in [1.82, 2.24) is 4.98 Å². The maximum atomic E-state index is 11.3. The summed E-state index contributed by atoms with van der Waals surface area (Å²) >= 11 is 4.85. The first-order chi connectivity index (χ1) is 9.19. The molecule has 0 aliphatic rings. The molecule has 0 saturated carbocycles. The van der Waals surface area contributed by atoms with E-state index in [1.807, 2.05) is 29.6 Å². The van der Waals surface area contributed by atoms with E-state index in [-0.39, 0.29) is 12.3 Å². The van der Waals surface area contributed by atoms with Gasteiger partial charge in [0.1, 0.15) is 6.42 Å². The molecule has 0 aliphatic heterocycles. The van der Waals surface area contributed by atoms with Crippen molar-refractivity contribution in [2.75, 3.05) is 5.32 Å². The molecule has 1 amide bonds. The van der Waals surface area contributed by atoms with Crippen LogP contribution in [0.15, 0.2) is 34.1 Å². The summed E-state index contributed by atoms with van der Waals surface area (Å²) in [6.45, 7) is 0. The van der Waals surface area contributed by atoms with E-state index in [0.29, 0.717) is 11.6 Å². The Morgan fingerprint density at radius 2 is 2.26 bits per heavy atom. The molecule has 6 heteroatoms. The molecule has 0 radical (unpaired) electrons. The molecule has 0 spiro atoms. The van der Waals surface area contributed by atoms with Gasteiger partial charge in [-0.25, -0.2) is 4.98 Å². The zero-order valence-corrected chi connectivity index (χ0v) is 12.3. The zero-order valence-electron chi connectivity index (χ0n) is 9.89. The number of rotatable bonds is 4. The lowest BCUT2D eigenvalue weighted by molar-refractivity contribution is -0.115. The van der Waals surface area contributed by atoms with Crippen molar-refractivity contribution in [3.63, 3.8) is 0 Å². The number of hydrogen-bond acceptors (Lipinski definition) is 4. The van der Waals surface area contributed by atoms with Crippen molar-refractivity contribution in [2.45, 2.75) is 12.8 Å².